The molecule has 2 aromatic rings. The Labute approximate surface area is 116 Å². The van der Waals surface area contributed by atoms with Crippen LogP contribution in [0.5, 0.6) is 0 Å². The standard InChI is InChI=1S/C12H15ClN6/c1-18(9-4-2-3-5-9)11-15-10(13)16-12(17-11)19-7-6-14-8-19/h6-9H,2-5H2,1H3. The first kappa shape index (κ1) is 12.3. The van der Waals surface area contributed by atoms with Gasteiger partial charge in [0.15, 0.2) is 0 Å². The maximum absolute atomic E-state index is 6.00. The van der Waals surface area contributed by atoms with Crippen LogP contribution in [0.15, 0.2) is 18.7 Å². The fourth-order valence-corrected chi connectivity index (χ4v) is 2.59. The van der Waals surface area contributed by atoms with E-state index in [-0.39, 0.29) is 5.28 Å². The highest BCUT2D eigenvalue weighted by atomic mass is 35.5. The van der Waals surface area contributed by atoms with E-state index in [1.54, 1.807) is 23.3 Å². The summed E-state index contributed by atoms with van der Waals surface area (Å²) in [7, 11) is 2.01. The summed E-state index contributed by atoms with van der Waals surface area (Å²) in [6, 6.07) is 0.495. The zero-order valence-electron chi connectivity index (χ0n) is 10.7. The summed E-state index contributed by atoms with van der Waals surface area (Å²) in [6.07, 6.45) is 10.00. The molecule has 7 heteroatoms. The van der Waals surface area contributed by atoms with Crippen molar-refractivity contribution in [1.29, 1.82) is 0 Å². The summed E-state index contributed by atoms with van der Waals surface area (Å²) >= 11 is 6.00. The Morgan fingerprint density at radius 3 is 2.74 bits per heavy atom. The lowest BCUT2D eigenvalue weighted by Crippen LogP contribution is -2.31. The highest BCUT2D eigenvalue weighted by molar-refractivity contribution is 6.28. The van der Waals surface area contributed by atoms with E-state index in [0.717, 1.165) is 0 Å². The third-order valence-electron chi connectivity index (χ3n) is 3.51. The lowest BCUT2D eigenvalue weighted by molar-refractivity contribution is 0.634. The molecule has 0 bridgehead atoms. The molecule has 0 amide bonds. The number of hydrogen-bond donors (Lipinski definition) is 0. The molecule has 0 radical (unpaired) electrons. The fourth-order valence-electron chi connectivity index (χ4n) is 2.43. The van der Waals surface area contributed by atoms with E-state index >= 15 is 0 Å². The van der Waals surface area contributed by atoms with Gasteiger partial charge in [-0.25, -0.2) is 4.98 Å². The minimum Gasteiger partial charge on any atom is -0.341 e. The number of halogens is 1. The molecule has 6 nitrogen and oxygen atoms in total. The lowest BCUT2D eigenvalue weighted by Gasteiger charge is -2.24. The highest BCUT2D eigenvalue weighted by Gasteiger charge is 2.22. The van der Waals surface area contributed by atoms with Crippen LogP contribution in [0.2, 0.25) is 5.28 Å². The molecule has 1 aliphatic rings. The Kier molecular flexibility index (Phi) is 3.33. The monoisotopic (exact) mass is 278 g/mol. The van der Waals surface area contributed by atoms with Crippen LogP contribution in [0.4, 0.5) is 5.95 Å². The van der Waals surface area contributed by atoms with Crippen molar-refractivity contribution in [2.24, 2.45) is 0 Å². The van der Waals surface area contributed by atoms with Gasteiger partial charge in [-0.3, -0.25) is 4.57 Å². The average Bonchev–Trinajstić information content (AvgIpc) is 3.10. The molecule has 0 N–H and O–H groups in total. The van der Waals surface area contributed by atoms with E-state index in [1.165, 1.54) is 25.7 Å². The summed E-state index contributed by atoms with van der Waals surface area (Å²) in [5, 5.41) is 0.207. The van der Waals surface area contributed by atoms with Crippen LogP contribution in [0.1, 0.15) is 25.7 Å². The molecule has 3 rings (SSSR count). The Morgan fingerprint density at radius 2 is 2.05 bits per heavy atom. The SMILES string of the molecule is CN(c1nc(Cl)nc(-n2ccnc2)n1)C1CCCC1. The lowest BCUT2D eigenvalue weighted by atomic mass is 10.2. The van der Waals surface area contributed by atoms with Crippen molar-refractivity contribution in [3.8, 4) is 5.95 Å². The van der Waals surface area contributed by atoms with Gasteiger partial charge in [0.2, 0.25) is 17.2 Å². The number of aromatic nitrogens is 5. The molecule has 19 heavy (non-hydrogen) atoms. The molecular formula is C12H15ClN6. The van der Waals surface area contributed by atoms with Crippen molar-refractivity contribution < 1.29 is 0 Å². The van der Waals surface area contributed by atoms with E-state index in [9.17, 15) is 0 Å². The Bertz CT molecular complexity index is 549. The van der Waals surface area contributed by atoms with E-state index in [1.807, 2.05) is 7.05 Å². The first-order valence-corrected chi connectivity index (χ1v) is 6.74. The fraction of sp³-hybridized carbons (Fsp3) is 0.500. The van der Waals surface area contributed by atoms with Crippen molar-refractivity contribution >= 4 is 17.5 Å². The van der Waals surface area contributed by atoms with E-state index in [2.05, 4.69) is 24.8 Å². The normalized spacial score (nSPS) is 15.9. The number of rotatable bonds is 3. The smallest absolute Gasteiger partial charge is 0.241 e. The summed E-state index contributed by atoms with van der Waals surface area (Å²) in [5.41, 5.74) is 0. The topological polar surface area (TPSA) is 59.7 Å². The molecule has 0 unspecified atom stereocenters. The minimum atomic E-state index is 0.207. The van der Waals surface area contributed by atoms with Gasteiger partial charge >= 0.3 is 0 Å². The minimum absolute atomic E-state index is 0.207. The first-order chi connectivity index (χ1) is 9.24. The number of anilines is 1. The maximum Gasteiger partial charge on any atom is 0.241 e. The van der Waals surface area contributed by atoms with Gasteiger partial charge in [0.05, 0.1) is 0 Å². The molecule has 0 aromatic carbocycles. The summed E-state index contributed by atoms with van der Waals surface area (Å²) in [5.74, 6) is 1.12. The Morgan fingerprint density at radius 1 is 1.26 bits per heavy atom. The molecule has 1 saturated carbocycles. The highest BCUT2D eigenvalue weighted by Crippen LogP contribution is 2.25. The van der Waals surface area contributed by atoms with Crippen LogP contribution in [0, 0.1) is 0 Å². The molecule has 2 heterocycles. The van der Waals surface area contributed by atoms with Crippen molar-refractivity contribution in [2.75, 3.05) is 11.9 Å². The zero-order valence-corrected chi connectivity index (χ0v) is 11.5. The predicted octanol–water partition coefficient (Wildman–Crippen LogP) is 2.09. The molecule has 0 aliphatic heterocycles. The van der Waals surface area contributed by atoms with Gasteiger partial charge in [0, 0.05) is 25.5 Å². The van der Waals surface area contributed by atoms with Gasteiger partial charge < -0.3 is 4.90 Å². The summed E-state index contributed by atoms with van der Waals surface area (Å²) in [6.45, 7) is 0. The van der Waals surface area contributed by atoms with Gasteiger partial charge in [-0.2, -0.15) is 15.0 Å². The van der Waals surface area contributed by atoms with Crippen LogP contribution in [-0.4, -0.2) is 37.6 Å². The van der Waals surface area contributed by atoms with Crippen LogP contribution < -0.4 is 4.90 Å². The Hall–Kier alpha value is -1.69. The quantitative estimate of drug-likeness (QED) is 0.860. The van der Waals surface area contributed by atoms with E-state index < -0.39 is 0 Å². The van der Waals surface area contributed by atoms with E-state index in [0.29, 0.717) is 17.9 Å². The number of hydrogen-bond acceptors (Lipinski definition) is 5. The third kappa shape index (κ3) is 2.53. The van der Waals surface area contributed by atoms with Crippen LogP contribution in [-0.2, 0) is 0 Å². The molecule has 100 valence electrons. The van der Waals surface area contributed by atoms with E-state index in [4.69, 9.17) is 11.6 Å². The molecule has 0 saturated heterocycles. The second kappa shape index (κ2) is 5.13. The van der Waals surface area contributed by atoms with Crippen LogP contribution in [0.25, 0.3) is 5.95 Å². The number of nitrogens with zero attached hydrogens (tertiary/aromatic N) is 6. The second-order valence-corrected chi connectivity index (χ2v) is 5.06. The molecule has 1 aliphatic carbocycles. The van der Waals surface area contributed by atoms with Crippen molar-refractivity contribution in [3.63, 3.8) is 0 Å². The molecule has 2 aromatic heterocycles. The molecular weight excluding hydrogens is 264 g/mol. The molecule has 0 atom stereocenters. The molecule has 0 spiro atoms. The molecule has 1 fully saturated rings. The van der Waals surface area contributed by atoms with Crippen molar-refractivity contribution in [2.45, 2.75) is 31.7 Å². The van der Waals surface area contributed by atoms with Crippen molar-refractivity contribution in [1.82, 2.24) is 24.5 Å². The van der Waals surface area contributed by atoms with Gasteiger partial charge in [-0.05, 0) is 24.4 Å². The average molecular weight is 279 g/mol. The Balaban J connectivity index is 1.93. The third-order valence-corrected chi connectivity index (χ3v) is 3.68. The summed E-state index contributed by atoms with van der Waals surface area (Å²) < 4.78 is 1.72. The summed E-state index contributed by atoms with van der Waals surface area (Å²) in [4.78, 5) is 18.9. The maximum atomic E-state index is 6.00. The van der Waals surface area contributed by atoms with Crippen LogP contribution in [0.3, 0.4) is 0 Å². The van der Waals surface area contributed by atoms with Gasteiger partial charge in [0.25, 0.3) is 0 Å². The van der Waals surface area contributed by atoms with Gasteiger partial charge in [-0.15, -0.1) is 0 Å². The van der Waals surface area contributed by atoms with Gasteiger partial charge in [-0.1, -0.05) is 12.8 Å². The number of imidazole rings is 1. The largest absolute Gasteiger partial charge is 0.341 e. The second-order valence-electron chi connectivity index (χ2n) is 4.72. The van der Waals surface area contributed by atoms with Crippen molar-refractivity contribution in [3.05, 3.63) is 24.0 Å². The van der Waals surface area contributed by atoms with Crippen LogP contribution >= 0.6 is 11.6 Å². The first-order valence-electron chi connectivity index (χ1n) is 6.37. The predicted molar refractivity (Wildman–Crippen MR) is 72.6 cm³/mol. The zero-order chi connectivity index (χ0) is 13.2. The van der Waals surface area contributed by atoms with Gasteiger partial charge in [0.1, 0.15) is 6.33 Å².